The molecule has 2 heterocycles. The minimum Gasteiger partial charge on any atom is -0.379 e. The van der Waals surface area contributed by atoms with Gasteiger partial charge in [-0.1, -0.05) is 26.0 Å². The maximum Gasteiger partial charge on any atom is 0.152 e. The van der Waals surface area contributed by atoms with E-state index in [0.717, 1.165) is 41.3 Å². The molecule has 0 bridgehead atoms. The van der Waals surface area contributed by atoms with Crippen molar-refractivity contribution in [3.8, 4) is 0 Å². The molecule has 4 nitrogen and oxygen atoms in total. The Labute approximate surface area is 216 Å². The number of anilines is 1. The molecular weight excluding hydrogens is 458 g/mol. The van der Waals surface area contributed by atoms with Gasteiger partial charge < -0.3 is 10.6 Å². The van der Waals surface area contributed by atoms with E-state index in [1.165, 1.54) is 12.0 Å². The summed E-state index contributed by atoms with van der Waals surface area (Å²) in [6, 6.07) is 11.8. The standard InChI is InChI=1S/C14H18NO.C9H11N2.C2H6.B.Y/c1-10(2)15-14(12(4)16)9-13-7-5-11(3)6-8-13;1-7-4-5-8-3-2-6-10-9(8)11-7;1-2;;/h5-8,14-15H,1,3,9H2,2,4H3;4-5H,1-3,6H2,(H,10,11);1-2H3;;/q2*-1;;;/t14-;;;;/m0..../s1. The summed E-state index contributed by atoms with van der Waals surface area (Å²) in [5.41, 5.74) is 5.09. The van der Waals surface area contributed by atoms with Gasteiger partial charge >= 0.3 is 0 Å². The molecule has 0 fully saturated rings. The summed E-state index contributed by atoms with van der Waals surface area (Å²) in [6.45, 7) is 19.9. The summed E-state index contributed by atoms with van der Waals surface area (Å²) < 4.78 is 0. The number of hydrogen-bond donors (Lipinski definition) is 2. The van der Waals surface area contributed by atoms with E-state index in [1.54, 1.807) is 6.92 Å². The fourth-order valence-electron chi connectivity index (χ4n) is 2.87. The van der Waals surface area contributed by atoms with Gasteiger partial charge in [0.15, 0.2) is 5.78 Å². The molecule has 0 unspecified atom stereocenters. The predicted octanol–water partition coefficient (Wildman–Crippen LogP) is 4.76. The second-order valence-corrected chi connectivity index (χ2v) is 6.95. The number of carbonyl (C=O) groups is 1. The Morgan fingerprint density at radius 1 is 1.16 bits per heavy atom. The van der Waals surface area contributed by atoms with Crippen LogP contribution in [-0.2, 0) is 50.3 Å². The second-order valence-electron chi connectivity index (χ2n) is 6.95. The molecule has 2 aromatic rings. The molecule has 4 radical (unpaired) electrons. The van der Waals surface area contributed by atoms with E-state index in [1.807, 2.05) is 51.1 Å². The fraction of sp³-hybridized carbons (Fsp3) is 0.360. The van der Waals surface area contributed by atoms with Crippen molar-refractivity contribution in [3.05, 3.63) is 84.9 Å². The normalized spacial score (nSPS) is 11.7. The second kappa shape index (κ2) is 16.9. The van der Waals surface area contributed by atoms with Gasteiger partial charge in [0.1, 0.15) is 5.82 Å². The molecule has 1 atom stereocenters. The predicted molar refractivity (Wildman–Crippen MR) is 130 cm³/mol. The third kappa shape index (κ3) is 12.0. The molecule has 0 aliphatic carbocycles. The maximum atomic E-state index is 11.4. The Morgan fingerprint density at radius 2 is 1.77 bits per heavy atom. The Morgan fingerprint density at radius 3 is 2.32 bits per heavy atom. The van der Waals surface area contributed by atoms with Gasteiger partial charge in [-0.15, -0.1) is 23.9 Å². The first-order chi connectivity index (χ1) is 13.8. The Bertz CT molecular complexity index is 794. The fourth-order valence-corrected chi connectivity index (χ4v) is 2.87. The molecule has 164 valence electrons. The minimum atomic E-state index is -0.187. The molecule has 1 aliphatic heterocycles. The van der Waals surface area contributed by atoms with E-state index in [0.29, 0.717) is 6.42 Å². The van der Waals surface area contributed by atoms with E-state index in [9.17, 15) is 4.79 Å². The van der Waals surface area contributed by atoms with Crippen molar-refractivity contribution in [1.82, 2.24) is 10.3 Å². The molecular formula is C25H35BN3OY-2. The van der Waals surface area contributed by atoms with Crippen molar-refractivity contribution in [3.63, 3.8) is 0 Å². The zero-order valence-electron chi connectivity index (χ0n) is 19.5. The van der Waals surface area contributed by atoms with Crippen LogP contribution in [0.3, 0.4) is 0 Å². The van der Waals surface area contributed by atoms with Crippen LogP contribution in [0.1, 0.15) is 56.5 Å². The quantitative estimate of drug-likeness (QED) is 0.466. The van der Waals surface area contributed by atoms with Gasteiger partial charge in [-0.3, -0.25) is 9.78 Å². The maximum absolute atomic E-state index is 11.4. The number of Topliss-reactive ketones (excluding diaryl/α,β-unsaturated/α-hetero) is 1. The van der Waals surface area contributed by atoms with Gasteiger partial charge in [-0.25, -0.2) is 6.92 Å². The third-order valence-electron chi connectivity index (χ3n) is 4.33. The monoisotopic (exact) mass is 493 g/mol. The molecule has 6 heteroatoms. The number of allylic oxidation sites excluding steroid dienone is 1. The number of benzene rings is 1. The average molecular weight is 493 g/mol. The first-order valence-corrected chi connectivity index (χ1v) is 10.2. The molecule has 2 N–H and O–H groups in total. The van der Waals surface area contributed by atoms with Crippen molar-refractivity contribution in [2.45, 2.75) is 53.0 Å². The molecule has 1 aromatic carbocycles. The first-order valence-electron chi connectivity index (χ1n) is 10.2. The number of carbonyl (C=O) groups excluding carboxylic acids is 1. The Balaban J connectivity index is 0. The van der Waals surface area contributed by atoms with Gasteiger partial charge in [-0.2, -0.15) is 30.7 Å². The zero-order chi connectivity index (χ0) is 21.8. The molecule has 1 aliphatic rings. The van der Waals surface area contributed by atoms with E-state index in [-0.39, 0.29) is 52.9 Å². The average Bonchev–Trinajstić information content (AvgIpc) is 2.70. The van der Waals surface area contributed by atoms with Crippen molar-refractivity contribution in [2.24, 2.45) is 0 Å². The van der Waals surface area contributed by atoms with Crippen LogP contribution in [0.15, 0.2) is 48.7 Å². The molecule has 0 amide bonds. The number of ketones is 1. The van der Waals surface area contributed by atoms with Crippen LogP contribution < -0.4 is 10.6 Å². The van der Waals surface area contributed by atoms with E-state index < -0.39 is 0 Å². The van der Waals surface area contributed by atoms with Crippen molar-refractivity contribution in [2.75, 3.05) is 11.9 Å². The molecule has 1 aromatic heterocycles. The zero-order valence-corrected chi connectivity index (χ0v) is 22.3. The summed E-state index contributed by atoms with van der Waals surface area (Å²) in [6.07, 6.45) is 3.04. The Kier molecular flexibility index (Phi) is 17.2. The van der Waals surface area contributed by atoms with Crippen LogP contribution in [-0.4, -0.2) is 31.8 Å². The molecule has 0 spiro atoms. The number of nitrogens with zero attached hydrogens (tertiary/aromatic N) is 1. The third-order valence-corrected chi connectivity index (χ3v) is 4.33. The van der Waals surface area contributed by atoms with E-state index in [2.05, 4.69) is 42.1 Å². The SMILES string of the molecule is C=C(C)N[C@@H](Cc1ccc([CH2-])cc1)C(C)=O.CC.[B].[CH2-]c1ccc2c(n1)NCCC2.[Y]. The number of pyridine rings is 1. The molecule has 0 saturated carbocycles. The van der Waals surface area contributed by atoms with Gasteiger partial charge in [0.25, 0.3) is 0 Å². The van der Waals surface area contributed by atoms with Crippen molar-refractivity contribution >= 4 is 20.0 Å². The summed E-state index contributed by atoms with van der Waals surface area (Å²) in [7, 11) is 0. The largest absolute Gasteiger partial charge is 0.379 e. The van der Waals surface area contributed by atoms with Gasteiger partial charge in [0.05, 0.1) is 6.04 Å². The van der Waals surface area contributed by atoms with Crippen LogP contribution in [0.5, 0.6) is 0 Å². The number of aromatic nitrogens is 1. The topological polar surface area (TPSA) is 54.0 Å². The molecule has 0 saturated heterocycles. The van der Waals surface area contributed by atoms with Gasteiger partial charge in [-0.05, 0) is 38.7 Å². The summed E-state index contributed by atoms with van der Waals surface area (Å²) in [5.74, 6) is 1.16. The van der Waals surface area contributed by atoms with Crippen molar-refractivity contribution < 1.29 is 37.5 Å². The first kappa shape index (κ1) is 31.5. The van der Waals surface area contributed by atoms with Crippen LogP contribution in [0.2, 0.25) is 0 Å². The van der Waals surface area contributed by atoms with Crippen LogP contribution in [0.4, 0.5) is 5.82 Å². The van der Waals surface area contributed by atoms with Gasteiger partial charge in [0.2, 0.25) is 0 Å². The number of rotatable bonds is 5. The van der Waals surface area contributed by atoms with Gasteiger partial charge in [0, 0.05) is 53.4 Å². The summed E-state index contributed by atoms with van der Waals surface area (Å²) >= 11 is 0. The number of hydrogen-bond acceptors (Lipinski definition) is 4. The summed E-state index contributed by atoms with van der Waals surface area (Å²) in [5, 5.41) is 6.34. The molecule has 31 heavy (non-hydrogen) atoms. The van der Waals surface area contributed by atoms with Crippen molar-refractivity contribution in [1.29, 1.82) is 0 Å². The number of aryl methyl sites for hydroxylation is 1. The minimum absolute atomic E-state index is 0. The van der Waals surface area contributed by atoms with Crippen LogP contribution in [0, 0.1) is 13.8 Å². The summed E-state index contributed by atoms with van der Waals surface area (Å²) in [4.78, 5) is 15.7. The van der Waals surface area contributed by atoms with E-state index in [4.69, 9.17) is 0 Å². The van der Waals surface area contributed by atoms with Crippen LogP contribution in [0.25, 0.3) is 0 Å². The van der Waals surface area contributed by atoms with E-state index >= 15 is 0 Å². The molecule has 3 rings (SSSR count). The number of fused-ring (bicyclic) bond motifs is 1. The number of nitrogens with one attached hydrogen (secondary N) is 2. The smallest absolute Gasteiger partial charge is 0.152 e. The Hall–Kier alpha value is -1.71. The van der Waals surface area contributed by atoms with Crippen LogP contribution >= 0.6 is 0 Å².